The minimum Gasteiger partial charge on any atom is -0.456 e. The maximum atomic E-state index is 14.2. The van der Waals surface area contributed by atoms with Crippen LogP contribution in [-0.4, -0.2) is 20.0 Å². The Hall–Kier alpha value is -5.85. The normalized spacial score (nSPS) is 16.7. The molecule has 0 bridgehead atoms. The average molecular weight is 655 g/mol. The number of furan rings is 1. The number of aliphatic imine (C=N–C) groups is 2. The first-order chi connectivity index (χ1) is 23.9. The lowest BCUT2D eigenvalue weighted by Crippen LogP contribution is -2.16. The molecule has 0 radical (unpaired) electrons. The van der Waals surface area contributed by atoms with Crippen LogP contribution in [0.15, 0.2) is 169 Å². The Morgan fingerprint density at radius 1 is 0.571 bits per heavy atom. The maximum absolute atomic E-state index is 14.2. The Morgan fingerprint density at radius 2 is 1.27 bits per heavy atom. The number of allylic oxidation sites excluding steroid dienone is 1. The van der Waals surface area contributed by atoms with E-state index in [1.54, 1.807) is 12.1 Å². The van der Waals surface area contributed by atoms with Gasteiger partial charge in [-0.05, 0) is 59.5 Å². The van der Waals surface area contributed by atoms with E-state index >= 15 is 0 Å². The van der Waals surface area contributed by atoms with Gasteiger partial charge in [-0.3, -0.25) is 0 Å². The van der Waals surface area contributed by atoms with Crippen molar-refractivity contribution >= 4 is 49.0 Å². The number of hydrogen-bond acceptors (Lipinski definition) is 5. The molecule has 1 unspecified atom stereocenters. The zero-order chi connectivity index (χ0) is 33.3. The molecule has 0 saturated heterocycles. The van der Waals surface area contributed by atoms with Crippen molar-refractivity contribution in [1.29, 1.82) is 0 Å². The van der Waals surface area contributed by atoms with Crippen LogP contribution in [0.3, 0.4) is 0 Å². The van der Waals surface area contributed by atoms with E-state index in [1.807, 2.05) is 103 Å². The molecule has 2 aliphatic heterocycles. The molecule has 1 aromatic heterocycles. The maximum Gasteiger partial charge on any atom is 0.207 e. The second-order valence-electron chi connectivity index (χ2n) is 12.6. The van der Waals surface area contributed by atoms with Crippen LogP contribution in [0.2, 0.25) is 0 Å². The van der Waals surface area contributed by atoms with E-state index in [0.717, 1.165) is 66.7 Å². The highest BCUT2D eigenvalue weighted by Crippen LogP contribution is 2.47. The van der Waals surface area contributed by atoms with E-state index in [1.165, 1.54) is 0 Å². The topological polar surface area (TPSA) is 72.0 Å². The first kappa shape index (κ1) is 29.3. The Labute approximate surface area is 284 Å². The number of benzene rings is 6. The van der Waals surface area contributed by atoms with Crippen molar-refractivity contribution < 1.29 is 12.8 Å². The van der Waals surface area contributed by atoms with Crippen molar-refractivity contribution in [2.45, 2.75) is 23.6 Å². The van der Waals surface area contributed by atoms with Crippen LogP contribution in [0.5, 0.6) is 0 Å². The average Bonchev–Trinajstić information content (AvgIpc) is 3.59. The van der Waals surface area contributed by atoms with Gasteiger partial charge >= 0.3 is 0 Å². The van der Waals surface area contributed by atoms with Gasteiger partial charge in [0.2, 0.25) is 9.84 Å². The molecule has 0 N–H and O–H groups in total. The van der Waals surface area contributed by atoms with Gasteiger partial charge in [-0.1, -0.05) is 116 Å². The van der Waals surface area contributed by atoms with Crippen LogP contribution in [-0.2, 0) is 9.84 Å². The fraction of sp³-hybridized carbons (Fsp3) is 0.0698. The standard InChI is InChI=1S/C43H30N2O3S/c1-26-27(2)42(45-43(29-14-7-4-8-15-29)44-41(26)28-12-5-3-6-13-28)31-20-22-33-35-24-30(21-23-38(35)49(46,47)39(33)25-31)32-17-11-19-37-40(32)34-16-9-10-18-36(34)48-37/h3-25,27H,1-2H3. The van der Waals surface area contributed by atoms with Crippen molar-refractivity contribution in [2.75, 3.05) is 0 Å². The summed E-state index contributed by atoms with van der Waals surface area (Å²) in [6, 6.07) is 45.5. The first-order valence-electron chi connectivity index (χ1n) is 16.3. The third kappa shape index (κ3) is 4.63. The molecule has 5 nitrogen and oxygen atoms in total. The highest BCUT2D eigenvalue weighted by atomic mass is 32.2. The van der Waals surface area contributed by atoms with Crippen molar-refractivity contribution in [1.82, 2.24) is 0 Å². The molecule has 236 valence electrons. The van der Waals surface area contributed by atoms with Gasteiger partial charge < -0.3 is 4.42 Å². The summed E-state index contributed by atoms with van der Waals surface area (Å²) in [6.45, 7) is 4.20. The lowest BCUT2D eigenvalue weighted by molar-refractivity contribution is 0.598. The number of para-hydroxylation sites is 1. The van der Waals surface area contributed by atoms with Crippen LogP contribution in [0, 0.1) is 5.92 Å². The number of fused-ring (bicyclic) bond motifs is 6. The van der Waals surface area contributed by atoms with Gasteiger partial charge in [0.05, 0.1) is 21.2 Å². The SMILES string of the molecule is CC1=C(c2ccccc2)N=C(c2ccccc2)N=C(c2ccc3c(c2)S(=O)(=O)c2ccc(-c4cccc5oc6ccccc6c45)cc2-3)C1C. The van der Waals surface area contributed by atoms with Crippen molar-refractivity contribution in [2.24, 2.45) is 15.9 Å². The summed E-state index contributed by atoms with van der Waals surface area (Å²) < 4.78 is 34.4. The molecule has 0 saturated carbocycles. The van der Waals surface area contributed by atoms with Gasteiger partial charge in [0.15, 0.2) is 5.84 Å². The molecule has 0 aliphatic carbocycles. The van der Waals surface area contributed by atoms with Crippen LogP contribution in [0.4, 0.5) is 0 Å². The third-order valence-corrected chi connectivity index (χ3v) is 11.6. The molecule has 2 aliphatic rings. The Morgan fingerprint density at radius 3 is 2.06 bits per heavy atom. The predicted molar refractivity (Wildman–Crippen MR) is 198 cm³/mol. The fourth-order valence-electron chi connectivity index (χ4n) is 7.16. The highest BCUT2D eigenvalue weighted by Gasteiger charge is 2.35. The third-order valence-electron chi connectivity index (χ3n) is 9.80. The monoisotopic (exact) mass is 654 g/mol. The Bertz CT molecular complexity index is 2690. The van der Waals surface area contributed by atoms with Crippen LogP contribution in [0.25, 0.3) is 49.9 Å². The van der Waals surface area contributed by atoms with Gasteiger partial charge in [-0.15, -0.1) is 0 Å². The summed E-state index contributed by atoms with van der Waals surface area (Å²) in [4.78, 5) is 10.9. The largest absolute Gasteiger partial charge is 0.456 e. The van der Waals surface area contributed by atoms with Gasteiger partial charge in [0.1, 0.15) is 11.2 Å². The van der Waals surface area contributed by atoms with Crippen molar-refractivity contribution in [3.8, 4) is 22.3 Å². The van der Waals surface area contributed by atoms with Gasteiger partial charge in [-0.2, -0.15) is 0 Å². The zero-order valence-electron chi connectivity index (χ0n) is 26.9. The quantitative estimate of drug-likeness (QED) is 0.190. The number of hydrogen-bond donors (Lipinski definition) is 0. The molecule has 3 heterocycles. The zero-order valence-corrected chi connectivity index (χ0v) is 27.7. The summed E-state index contributed by atoms with van der Waals surface area (Å²) >= 11 is 0. The van der Waals surface area contributed by atoms with Crippen molar-refractivity contribution in [3.05, 3.63) is 162 Å². The molecule has 6 heteroatoms. The van der Waals surface area contributed by atoms with Gasteiger partial charge in [-0.25, -0.2) is 18.4 Å². The smallest absolute Gasteiger partial charge is 0.207 e. The minimum atomic E-state index is -3.77. The minimum absolute atomic E-state index is 0.124. The molecule has 6 aromatic carbocycles. The molecule has 0 spiro atoms. The second kappa shape index (κ2) is 11.1. The molecular weight excluding hydrogens is 625 g/mol. The highest BCUT2D eigenvalue weighted by molar-refractivity contribution is 7.92. The molecule has 0 fully saturated rings. The van der Waals surface area contributed by atoms with Crippen molar-refractivity contribution in [3.63, 3.8) is 0 Å². The summed E-state index contributed by atoms with van der Waals surface area (Å²) in [5.74, 6) is 0.469. The van der Waals surface area contributed by atoms with Gasteiger partial charge in [0, 0.05) is 38.9 Å². The molecule has 0 amide bonds. The fourth-order valence-corrected chi connectivity index (χ4v) is 8.85. The number of amidine groups is 1. The first-order valence-corrected chi connectivity index (χ1v) is 17.8. The van der Waals surface area contributed by atoms with E-state index in [9.17, 15) is 8.42 Å². The van der Waals surface area contributed by atoms with Crippen LogP contribution in [0.1, 0.15) is 30.5 Å². The van der Waals surface area contributed by atoms with Gasteiger partial charge in [0.25, 0.3) is 0 Å². The van der Waals surface area contributed by atoms with Crippen LogP contribution >= 0.6 is 0 Å². The summed E-state index contributed by atoms with van der Waals surface area (Å²) in [6.07, 6.45) is 0. The Kier molecular flexibility index (Phi) is 6.64. The molecule has 7 aromatic rings. The van der Waals surface area contributed by atoms with Crippen LogP contribution < -0.4 is 0 Å². The summed E-state index contributed by atoms with van der Waals surface area (Å²) in [7, 11) is -3.77. The number of nitrogens with zero attached hydrogens (tertiary/aromatic N) is 2. The van der Waals surface area contributed by atoms with E-state index in [0.29, 0.717) is 26.8 Å². The molecule has 9 rings (SSSR count). The van der Waals surface area contributed by atoms with E-state index in [-0.39, 0.29) is 5.92 Å². The summed E-state index contributed by atoms with van der Waals surface area (Å²) in [5.41, 5.74) is 10.3. The van der Waals surface area contributed by atoms with E-state index < -0.39 is 9.84 Å². The van der Waals surface area contributed by atoms with E-state index in [4.69, 9.17) is 14.4 Å². The Balaban J connectivity index is 1.18. The summed E-state index contributed by atoms with van der Waals surface area (Å²) in [5, 5.41) is 2.05. The molecule has 49 heavy (non-hydrogen) atoms. The predicted octanol–water partition coefficient (Wildman–Crippen LogP) is 10.4. The molecular formula is C43H30N2O3S. The number of sulfone groups is 1. The second-order valence-corrected chi connectivity index (χ2v) is 14.5. The number of rotatable bonds is 4. The lowest BCUT2D eigenvalue weighted by Gasteiger charge is -2.17. The van der Waals surface area contributed by atoms with E-state index in [2.05, 4.69) is 38.1 Å². The molecule has 1 atom stereocenters. The lowest BCUT2D eigenvalue weighted by atomic mass is 9.89.